The fourth-order valence-corrected chi connectivity index (χ4v) is 3.29. The van der Waals surface area contributed by atoms with E-state index in [1.807, 2.05) is 55.5 Å². The number of carbonyl (C=O) groups excluding carboxylic acids is 1. The third kappa shape index (κ3) is 6.48. The Kier molecular flexibility index (Phi) is 7.90. The Balaban J connectivity index is 1.59. The third-order valence-corrected chi connectivity index (χ3v) is 4.95. The maximum Gasteiger partial charge on any atom is 0.253 e. The molecule has 3 rings (SSSR count). The summed E-state index contributed by atoms with van der Waals surface area (Å²) in [5.41, 5.74) is 2.77. The number of rotatable bonds is 7. The average Bonchev–Trinajstić information content (AvgIpc) is 3.26. The molecule has 1 atom stereocenters. The first-order valence-electron chi connectivity index (χ1n) is 9.92. The minimum Gasteiger partial charge on any atom is -0.368 e. The number of ether oxygens (including phenoxy) is 1. The van der Waals surface area contributed by atoms with Gasteiger partial charge >= 0.3 is 0 Å². The summed E-state index contributed by atoms with van der Waals surface area (Å²) < 4.78 is 5.43. The van der Waals surface area contributed by atoms with Gasteiger partial charge in [-0.2, -0.15) is 0 Å². The molecule has 1 aliphatic heterocycles. The summed E-state index contributed by atoms with van der Waals surface area (Å²) >= 11 is 6.22. The summed E-state index contributed by atoms with van der Waals surface area (Å²) in [5.74, 6) is 0.624. The highest BCUT2D eigenvalue weighted by Gasteiger charge is 2.23. The molecule has 1 aliphatic rings. The van der Waals surface area contributed by atoms with E-state index >= 15 is 0 Å². The van der Waals surface area contributed by atoms with Crippen molar-refractivity contribution in [2.24, 2.45) is 4.99 Å². The molecule has 2 aromatic carbocycles. The Morgan fingerprint density at radius 1 is 1.21 bits per heavy atom. The number of hydrogen-bond donors (Lipinski definition) is 3. The zero-order valence-corrected chi connectivity index (χ0v) is 17.3. The Labute approximate surface area is 176 Å². The minimum absolute atomic E-state index is 0.0853. The molecule has 1 saturated heterocycles. The summed E-state index contributed by atoms with van der Waals surface area (Å²) in [4.78, 5) is 16.9. The van der Waals surface area contributed by atoms with E-state index in [0.717, 1.165) is 41.2 Å². The number of guanidine groups is 1. The zero-order valence-electron chi connectivity index (χ0n) is 16.6. The highest BCUT2D eigenvalue weighted by atomic mass is 35.5. The Morgan fingerprint density at radius 2 is 2.07 bits per heavy atom. The molecule has 0 aromatic heterocycles. The Morgan fingerprint density at radius 3 is 2.83 bits per heavy atom. The predicted molar refractivity (Wildman–Crippen MR) is 117 cm³/mol. The molecule has 1 fully saturated rings. The van der Waals surface area contributed by atoms with Crippen LogP contribution in [0.5, 0.6) is 0 Å². The lowest BCUT2D eigenvalue weighted by atomic mass is 10.2. The lowest BCUT2D eigenvalue weighted by Crippen LogP contribution is -2.36. The first-order valence-corrected chi connectivity index (χ1v) is 10.3. The maximum absolute atomic E-state index is 12.2. The first kappa shape index (κ1) is 21.1. The molecule has 0 saturated carbocycles. The van der Waals surface area contributed by atoms with E-state index in [1.54, 1.807) is 0 Å². The van der Waals surface area contributed by atoms with Crippen molar-refractivity contribution >= 4 is 29.2 Å². The van der Waals surface area contributed by atoms with Gasteiger partial charge in [0.2, 0.25) is 0 Å². The van der Waals surface area contributed by atoms with E-state index < -0.39 is 0 Å². The van der Waals surface area contributed by atoms with Crippen LogP contribution < -0.4 is 16.0 Å². The summed E-state index contributed by atoms with van der Waals surface area (Å²) in [7, 11) is 0. The van der Waals surface area contributed by atoms with Crippen molar-refractivity contribution in [3.8, 4) is 0 Å². The van der Waals surface area contributed by atoms with Crippen LogP contribution in [0, 0.1) is 0 Å². The standard InChI is InChI=1S/C22H27ClN4O2/c1-2-24-22(26-15-17-8-3-4-10-19(17)23)25-14-16-7-5-9-18(13-16)27-21(28)20-11-6-12-29-20/h3-5,7-10,13,20H,2,6,11-12,14-15H2,1H3,(H,27,28)(H2,24,25,26). The van der Waals surface area contributed by atoms with Gasteiger partial charge in [0.05, 0.1) is 6.54 Å². The molecule has 1 unspecified atom stereocenters. The van der Waals surface area contributed by atoms with Gasteiger partial charge in [-0.05, 0) is 49.1 Å². The largest absolute Gasteiger partial charge is 0.368 e. The van der Waals surface area contributed by atoms with Gasteiger partial charge in [0.25, 0.3) is 5.91 Å². The van der Waals surface area contributed by atoms with Gasteiger partial charge < -0.3 is 20.7 Å². The van der Waals surface area contributed by atoms with Crippen molar-refractivity contribution in [3.63, 3.8) is 0 Å². The van der Waals surface area contributed by atoms with Crippen molar-refractivity contribution in [1.29, 1.82) is 0 Å². The quantitative estimate of drug-likeness (QED) is 0.477. The highest BCUT2D eigenvalue weighted by Crippen LogP contribution is 2.17. The first-order chi connectivity index (χ1) is 14.2. The topological polar surface area (TPSA) is 74.8 Å². The second-order valence-electron chi connectivity index (χ2n) is 6.83. The van der Waals surface area contributed by atoms with Gasteiger partial charge in [-0.1, -0.05) is 41.9 Å². The van der Waals surface area contributed by atoms with Crippen molar-refractivity contribution in [2.45, 2.75) is 39.0 Å². The normalized spacial score (nSPS) is 16.5. The lowest BCUT2D eigenvalue weighted by molar-refractivity contribution is -0.124. The second kappa shape index (κ2) is 10.8. The van der Waals surface area contributed by atoms with E-state index in [2.05, 4.69) is 20.9 Å². The van der Waals surface area contributed by atoms with Crippen LogP contribution in [0.2, 0.25) is 5.02 Å². The molecule has 0 radical (unpaired) electrons. The summed E-state index contributed by atoms with van der Waals surface area (Å²) in [6.45, 7) is 4.51. The van der Waals surface area contributed by atoms with E-state index in [9.17, 15) is 4.79 Å². The number of nitrogens with zero attached hydrogens (tertiary/aromatic N) is 1. The molecule has 0 spiro atoms. The Bertz CT molecular complexity index is 850. The molecule has 154 valence electrons. The van der Waals surface area contributed by atoms with Gasteiger partial charge in [0.1, 0.15) is 6.10 Å². The van der Waals surface area contributed by atoms with Gasteiger partial charge in [-0.15, -0.1) is 0 Å². The smallest absolute Gasteiger partial charge is 0.253 e. The molecule has 0 bridgehead atoms. The van der Waals surface area contributed by atoms with Gasteiger partial charge in [-0.3, -0.25) is 4.79 Å². The van der Waals surface area contributed by atoms with Crippen molar-refractivity contribution in [1.82, 2.24) is 10.6 Å². The number of halogens is 1. The predicted octanol–water partition coefficient (Wildman–Crippen LogP) is 3.71. The molecule has 3 N–H and O–H groups in total. The molecule has 7 heteroatoms. The van der Waals surface area contributed by atoms with Gasteiger partial charge in [0, 0.05) is 30.4 Å². The molecule has 6 nitrogen and oxygen atoms in total. The van der Waals surface area contributed by atoms with Crippen LogP contribution in [-0.2, 0) is 22.6 Å². The molecule has 29 heavy (non-hydrogen) atoms. The van der Waals surface area contributed by atoms with E-state index in [-0.39, 0.29) is 12.0 Å². The molecular weight excluding hydrogens is 388 g/mol. The number of benzene rings is 2. The molecular formula is C22H27ClN4O2. The molecule has 1 heterocycles. The molecule has 2 aromatic rings. The highest BCUT2D eigenvalue weighted by molar-refractivity contribution is 6.31. The number of hydrogen-bond acceptors (Lipinski definition) is 3. The molecule has 1 amide bonds. The minimum atomic E-state index is -0.342. The number of amides is 1. The monoisotopic (exact) mass is 414 g/mol. The number of aliphatic imine (C=N–C) groups is 1. The van der Waals surface area contributed by atoms with E-state index in [1.165, 1.54) is 0 Å². The fourth-order valence-electron chi connectivity index (χ4n) is 3.09. The van der Waals surface area contributed by atoms with Crippen LogP contribution >= 0.6 is 11.6 Å². The fraction of sp³-hybridized carbons (Fsp3) is 0.364. The van der Waals surface area contributed by atoms with Gasteiger partial charge in [0.15, 0.2) is 5.96 Å². The van der Waals surface area contributed by atoms with Crippen molar-refractivity contribution < 1.29 is 9.53 Å². The van der Waals surface area contributed by atoms with E-state index in [0.29, 0.717) is 25.7 Å². The van der Waals surface area contributed by atoms with E-state index in [4.69, 9.17) is 16.3 Å². The van der Waals surface area contributed by atoms with Crippen LogP contribution in [0.1, 0.15) is 30.9 Å². The molecule has 0 aliphatic carbocycles. The number of carbonyl (C=O) groups is 1. The summed E-state index contributed by atoms with van der Waals surface area (Å²) in [6.07, 6.45) is 1.37. The zero-order chi connectivity index (χ0) is 20.5. The maximum atomic E-state index is 12.2. The Hall–Kier alpha value is -2.57. The summed E-state index contributed by atoms with van der Waals surface area (Å²) in [6, 6.07) is 15.5. The van der Waals surface area contributed by atoms with Crippen LogP contribution in [0.4, 0.5) is 5.69 Å². The number of nitrogens with one attached hydrogen (secondary N) is 3. The van der Waals surface area contributed by atoms with Crippen LogP contribution in [0.15, 0.2) is 53.5 Å². The average molecular weight is 415 g/mol. The van der Waals surface area contributed by atoms with Crippen molar-refractivity contribution in [3.05, 3.63) is 64.7 Å². The second-order valence-corrected chi connectivity index (χ2v) is 7.24. The summed E-state index contributed by atoms with van der Waals surface area (Å²) in [5, 5.41) is 10.2. The van der Waals surface area contributed by atoms with Crippen molar-refractivity contribution in [2.75, 3.05) is 18.5 Å². The number of anilines is 1. The lowest BCUT2D eigenvalue weighted by Gasteiger charge is -2.13. The third-order valence-electron chi connectivity index (χ3n) is 4.58. The van der Waals surface area contributed by atoms with Crippen LogP contribution in [0.3, 0.4) is 0 Å². The SMILES string of the molecule is CCNC(=NCc1cccc(NC(=O)C2CCCO2)c1)NCc1ccccc1Cl. The van der Waals surface area contributed by atoms with Gasteiger partial charge in [-0.25, -0.2) is 4.99 Å². The van der Waals surface area contributed by atoms with Crippen LogP contribution in [-0.4, -0.2) is 31.1 Å². The van der Waals surface area contributed by atoms with Crippen LogP contribution in [0.25, 0.3) is 0 Å².